The van der Waals surface area contributed by atoms with Crippen LogP contribution in [0.5, 0.6) is 0 Å². The highest BCUT2D eigenvalue weighted by Crippen LogP contribution is 2.22. The zero-order valence-electron chi connectivity index (χ0n) is 42.2. The molecule has 1 fully saturated rings. The van der Waals surface area contributed by atoms with Crippen LogP contribution in [0.1, 0.15) is 119 Å². The van der Waals surface area contributed by atoms with E-state index >= 15 is 0 Å². The first-order chi connectivity index (χ1) is 33.3. The summed E-state index contributed by atoms with van der Waals surface area (Å²) in [6, 6.07) is -11.6. The van der Waals surface area contributed by atoms with Crippen molar-refractivity contribution < 1.29 is 63.3 Å². The SMILES string of the molecule is CC[C@H](C)[C@H](NC(=O)[C@H](CCC(=O)O)NC(=O)[C@H](CCCN=C(N)N)NC(=O)[C@H](CO)NC(=O)[C@@H](NC(=O)[C@@H]1CCCN1C(=O)[C@@H](NC(=O)[C@H](C)N)[C@@H](C)CC)C(C)C)C(=O)N[C@@H](CCCCN)C(=O)O. The Morgan fingerprint density at radius 3 is 1.66 bits per heavy atom. The number of hydrogen-bond acceptors (Lipinski definition) is 14. The summed E-state index contributed by atoms with van der Waals surface area (Å²) >= 11 is 0. The van der Waals surface area contributed by atoms with Gasteiger partial charge in [0, 0.05) is 19.5 Å². The van der Waals surface area contributed by atoms with Gasteiger partial charge < -0.3 is 80.4 Å². The maximum absolute atomic E-state index is 14.0. The molecule has 404 valence electrons. The van der Waals surface area contributed by atoms with Crippen LogP contribution in [-0.2, 0) is 47.9 Å². The van der Waals surface area contributed by atoms with E-state index in [0.29, 0.717) is 38.6 Å². The molecule has 0 aromatic carbocycles. The number of aliphatic hydroxyl groups excluding tert-OH is 1. The number of aliphatic imine (C=N–C) groups is 1. The van der Waals surface area contributed by atoms with Gasteiger partial charge >= 0.3 is 11.9 Å². The van der Waals surface area contributed by atoms with Gasteiger partial charge in [0.2, 0.25) is 47.3 Å². The molecule has 0 aromatic rings. The van der Waals surface area contributed by atoms with E-state index in [1.54, 1.807) is 34.6 Å². The molecule has 1 rings (SSSR count). The zero-order chi connectivity index (χ0) is 54.1. The van der Waals surface area contributed by atoms with E-state index in [1.807, 2.05) is 6.92 Å². The minimum atomic E-state index is -1.71. The Morgan fingerprint density at radius 1 is 0.634 bits per heavy atom. The summed E-state index contributed by atoms with van der Waals surface area (Å²) in [7, 11) is 0. The van der Waals surface area contributed by atoms with Crippen LogP contribution in [0.15, 0.2) is 4.99 Å². The molecule has 8 amide bonds. The molecule has 26 nitrogen and oxygen atoms in total. The highest BCUT2D eigenvalue weighted by atomic mass is 16.4. The smallest absolute Gasteiger partial charge is 0.326 e. The van der Waals surface area contributed by atoms with Gasteiger partial charge in [-0.3, -0.25) is 48.1 Å². The number of nitrogens with two attached hydrogens (primary N) is 4. The van der Waals surface area contributed by atoms with Crippen LogP contribution >= 0.6 is 0 Å². The molecular formula is C45H81N13O13. The van der Waals surface area contributed by atoms with Crippen LogP contribution in [-0.4, -0.2) is 166 Å². The van der Waals surface area contributed by atoms with Gasteiger partial charge in [0.05, 0.1) is 12.6 Å². The quantitative estimate of drug-likeness (QED) is 0.0173. The van der Waals surface area contributed by atoms with E-state index in [9.17, 15) is 63.3 Å². The summed E-state index contributed by atoms with van der Waals surface area (Å²) in [5, 5.41) is 47.2. The second-order valence-corrected chi connectivity index (χ2v) is 18.4. The molecule has 1 saturated heterocycles. The zero-order valence-corrected chi connectivity index (χ0v) is 42.2. The summed E-state index contributed by atoms with van der Waals surface area (Å²) < 4.78 is 0. The Bertz CT molecular complexity index is 1850. The molecule has 0 radical (unpaired) electrons. The van der Waals surface area contributed by atoms with Crippen molar-refractivity contribution in [3.05, 3.63) is 0 Å². The van der Waals surface area contributed by atoms with Gasteiger partial charge in [0.15, 0.2) is 5.96 Å². The second-order valence-electron chi connectivity index (χ2n) is 18.4. The number of rotatable bonds is 33. The Labute approximate surface area is 415 Å². The number of likely N-dealkylation sites (tertiary alicyclic amines) is 1. The topological polar surface area (TPSA) is 435 Å². The number of unbranched alkanes of at least 4 members (excludes halogenated alkanes) is 1. The maximum Gasteiger partial charge on any atom is 0.326 e. The van der Waals surface area contributed by atoms with E-state index in [0.717, 1.165) is 0 Å². The van der Waals surface area contributed by atoms with Crippen LogP contribution in [0.2, 0.25) is 0 Å². The first kappa shape index (κ1) is 62.9. The third-order valence-electron chi connectivity index (χ3n) is 12.3. The third kappa shape index (κ3) is 21.4. The molecule has 1 heterocycles. The lowest BCUT2D eigenvalue weighted by atomic mass is 9.96. The van der Waals surface area contributed by atoms with Gasteiger partial charge in [0.25, 0.3) is 0 Å². The predicted octanol–water partition coefficient (Wildman–Crippen LogP) is -3.41. The van der Waals surface area contributed by atoms with Gasteiger partial charge in [-0.15, -0.1) is 0 Å². The molecule has 0 spiro atoms. The van der Waals surface area contributed by atoms with E-state index < -0.39 is 145 Å². The number of carboxylic acid groups (broad SMARTS) is 2. The molecule has 0 aliphatic carbocycles. The molecule has 11 atom stereocenters. The van der Waals surface area contributed by atoms with Crippen molar-refractivity contribution in [3.63, 3.8) is 0 Å². The first-order valence-electron chi connectivity index (χ1n) is 24.3. The molecule has 26 heteroatoms. The van der Waals surface area contributed by atoms with Gasteiger partial charge in [0.1, 0.15) is 48.3 Å². The maximum atomic E-state index is 14.0. The second kappa shape index (κ2) is 31.9. The number of nitrogens with one attached hydrogen (secondary N) is 7. The van der Waals surface area contributed by atoms with E-state index in [4.69, 9.17) is 22.9 Å². The minimum absolute atomic E-state index is 0.0278. The van der Waals surface area contributed by atoms with Crippen LogP contribution in [0.4, 0.5) is 0 Å². The number of carbonyl (C=O) groups excluding carboxylic acids is 8. The van der Waals surface area contributed by atoms with Gasteiger partial charge in [-0.25, -0.2) is 4.79 Å². The Morgan fingerprint density at radius 2 is 1.14 bits per heavy atom. The lowest BCUT2D eigenvalue weighted by Gasteiger charge is -2.33. The standard InChI is InChI=1S/C45H81N13O13/c1-8-24(5)34(42(68)53-29(44(70)71)14-10-11-19-46)56-38(64)28(17-18-32(60)61)52-37(63)27(15-12-20-50-45(48)49)51-39(65)30(22-59)54-41(67)33(23(3)4)55-40(66)31-16-13-21-58(31)43(69)35(25(6)9-2)57-36(62)26(7)47/h23-31,33-35,59H,8-22,46-47H2,1-7H3,(H,51,65)(H,52,63)(H,53,68)(H,54,67)(H,55,66)(H,56,64)(H,57,62)(H,60,61)(H,70,71)(H4,48,49,50)/t24-,25-,26-,27-,28-,29-,30-,31-,33-,34-,35-/m0/s1. The van der Waals surface area contributed by atoms with Crippen LogP contribution in [0.25, 0.3) is 0 Å². The van der Waals surface area contributed by atoms with Crippen molar-refractivity contribution in [2.24, 2.45) is 45.7 Å². The Hall–Kier alpha value is -6.15. The third-order valence-corrected chi connectivity index (χ3v) is 12.3. The fourth-order valence-corrected chi connectivity index (χ4v) is 7.51. The molecule has 18 N–H and O–H groups in total. The summed E-state index contributed by atoms with van der Waals surface area (Å²) in [4.78, 5) is 138. The van der Waals surface area contributed by atoms with E-state index in [-0.39, 0.29) is 50.7 Å². The number of aliphatic carboxylic acids is 2. The molecule has 0 aromatic heterocycles. The molecule has 71 heavy (non-hydrogen) atoms. The monoisotopic (exact) mass is 1010 g/mol. The number of nitrogens with zero attached hydrogens (tertiary/aromatic N) is 2. The summed E-state index contributed by atoms with van der Waals surface area (Å²) in [5.74, 6) is -10.9. The van der Waals surface area contributed by atoms with Gasteiger partial charge in [-0.1, -0.05) is 54.4 Å². The van der Waals surface area contributed by atoms with Crippen molar-refractivity contribution in [2.45, 2.75) is 173 Å². The lowest BCUT2D eigenvalue weighted by molar-refractivity contribution is -0.143. The van der Waals surface area contributed by atoms with Crippen molar-refractivity contribution in [2.75, 3.05) is 26.2 Å². The Kier molecular flexibility index (Phi) is 28.3. The van der Waals surface area contributed by atoms with E-state index in [1.165, 1.54) is 11.8 Å². The summed E-state index contributed by atoms with van der Waals surface area (Å²) in [6.45, 7) is 11.2. The highest BCUT2D eigenvalue weighted by molar-refractivity contribution is 5.98. The number of guanidine groups is 1. The number of hydrogen-bond donors (Lipinski definition) is 14. The van der Waals surface area contributed by atoms with Gasteiger partial charge in [-0.05, 0) is 82.6 Å². The highest BCUT2D eigenvalue weighted by Gasteiger charge is 2.41. The predicted molar refractivity (Wildman–Crippen MR) is 260 cm³/mol. The van der Waals surface area contributed by atoms with Crippen molar-refractivity contribution in [1.82, 2.24) is 42.1 Å². The first-order valence-corrected chi connectivity index (χ1v) is 24.3. The van der Waals surface area contributed by atoms with Crippen molar-refractivity contribution in [1.29, 1.82) is 0 Å². The number of amides is 8. The fourth-order valence-electron chi connectivity index (χ4n) is 7.51. The van der Waals surface area contributed by atoms with Gasteiger partial charge in [-0.2, -0.15) is 0 Å². The molecule has 1 aliphatic heterocycles. The number of carboxylic acids is 2. The fraction of sp³-hybridized carbons (Fsp3) is 0.756. The number of aliphatic hydroxyl groups is 1. The average Bonchev–Trinajstić information content (AvgIpc) is 3.81. The van der Waals surface area contributed by atoms with Crippen LogP contribution in [0.3, 0.4) is 0 Å². The molecular weight excluding hydrogens is 931 g/mol. The molecule has 0 bridgehead atoms. The minimum Gasteiger partial charge on any atom is -0.481 e. The molecule has 1 aliphatic rings. The van der Waals surface area contributed by atoms with Crippen LogP contribution in [0, 0.1) is 17.8 Å². The van der Waals surface area contributed by atoms with E-state index in [2.05, 4.69) is 42.2 Å². The lowest BCUT2D eigenvalue weighted by Crippen LogP contribution is -2.61. The van der Waals surface area contributed by atoms with Crippen molar-refractivity contribution in [3.8, 4) is 0 Å². The molecule has 0 unspecified atom stereocenters. The van der Waals surface area contributed by atoms with Crippen LogP contribution < -0.4 is 60.2 Å². The normalized spacial score (nSPS) is 17.6. The van der Waals surface area contributed by atoms with Crippen molar-refractivity contribution >= 4 is 65.2 Å². The largest absolute Gasteiger partial charge is 0.481 e. The number of carbonyl (C=O) groups is 10. The Balaban J connectivity index is 3.40. The summed E-state index contributed by atoms with van der Waals surface area (Å²) in [6.07, 6.45) is 1.28. The molecule has 0 saturated carbocycles. The summed E-state index contributed by atoms with van der Waals surface area (Å²) in [5.41, 5.74) is 22.2. The average molecular weight is 1010 g/mol.